The number of rotatable bonds is 7. The predicted octanol–water partition coefficient (Wildman–Crippen LogP) is 4.11. The Morgan fingerprint density at radius 2 is 1.44 bits per heavy atom. The number of nitrogens with one attached hydrogen (secondary N) is 1. The Bertz CT molecular complexity index is 957. The maximum absolute atomic E-state index is 11.4. The van der Waals surface area contributed by atoms with Crippen molar-refractivity contribution in [1.29, 1.82) is 0 Å². The third kappa shape index (κ3) is 4.22. The number of hydroxylamine groups is 3. The first-order valence-electron chi connectivity index (χ1n) is 9.16. The molecule has 27 heavy (non-hydrogen) atoms. The summed E-state index contributed by atoms with van der Waals surface area (Å²) >= 11 is 0. The molecule has 3 heterocycles. The minimum absolute atomic E-state index is 0.131. The monoisotopic (exact) mass is 359 g/mol. The van der Waals surface area contributed by atoms with Gasteiger partial charge in [0.1, 0.15) is 6.54 Å². The molecule has 5 nitrogen and oxygen atoms in total. The summed E-state index contributed by atoms with van der Waals surface area (Å²) in [7, 11) is 0. The molecule has 0 radical (unpaired) electrons. The lowest BCUT2D eigenvalue weighted by atomic mass is 10.1. The van der Waals surface area contributed by atoms with Gasteiger partial charge in [0.25, 0.3) is 0 Å². The van der Waals surface area contributed by atoms with Crippen LogP contribution in [0.25, 0.3) is 10.9 Å². The molecule has 4 aromatic rings. The smallest absolute Gasteiger partial charge is 0.151 e. The molecule has 136 valence electrons. The van der Waals surface area contributed by atoms with Crippen molar-refractivity contribution in [3.8, 4) is 0 Å². The van der Waals surface area contributed by atoms with Gasteiger partial charge in [-0.2, -0.15) is 4.65 Å². The van der Waals surface area contributed by atoms with Crippen molar-refractivity contribution in [3.05, 3.63) is 96.2 Å². The molecule has 0 aliphatic rings. The summed E-state index contributed by atoms with van der Waals surface area (Å²) in [5.74, 6) is 0. The fourth-order valence-electron chi connectivity index (χ4n) is 3.47. The number of H-pyrrole nitrogens is 1. The van der Waals surface area contributed by atoms with E-state index in [1.165, 1.54) is 10.9 Å². The van der Waals surface area contributed by atoms with E-state index < -0.39 is 0 Å². The second-order valence-corrected chi connectivity index (χ2v) is 6.89. The van der Waals surface area contributed by atoms with Gasteiger partial charge < -0.3 is 4.98 Å². The van der Waals surface area contributed by atoms with Gasteiger partial charge in [0.2, 0.25) is 0 Å². The van der Waals surface area contributed by atoms with Gasteiger partial charge in [-0.1, -0.05) is 30.3 Å². The Kier molecular flexibility index (Phi) is 4.96. The number of quaternary nitrogens is 1. The number of hydrogen-bond acceptors (Lipinski definition) is 3. The first-order valence-corrected chi connectivity index (χ1v) is 9.16. The standard InChI is InChI=1S/C22H23N4O/c27-26(16-19-7-3-5-12-23-19,17-20-8-4-6-13-24-20)14-11-18-15-25-22-10-2-1-9-21(18)22/h1-10,12-13,15,25,27H,11,14,16-17H2/q+1. The molecule has 0 aliphatic heterocycles. The van der Waals surface area contributed by atoms with Gasteiger partial charge in [-0.25, -0.2) is 5.21 Å². The van der Waals surface area contributed by atoms with Gasteiger partial charge in [0.15, 0.2) is 13.1 Å². The molecule has 0 aliphatic carbocycles. The van der Waals surface area contributed by atoms with Crippen LogP contribution in [0.2, 0.25) is 0 Å². The summed E-state index contributed by atoms with van der Waals surface area (Å²) in [6, 6.07) is 19.8. The molecule has 3 aromatic heterocycles. The van der Waals surface area contributed by atoms with E-state index in [9.17, 15) is 5.21 Å². The van der Waals surface area contributed by atoms with E-state index in [1.54, 1.807) is 12.4 Å². The van der Waals surface area contributed by atoms with Gasteiger partial charge in [-0.05, 0) is 35.9 Å². The number of aromatic amines is 1. The highest BCUT2D eigenvalue weighted by Crippen LogP contribution is 2.21. The molecule has 0 saturated carbocycles. The lowest BCUT2D eigenvalue weighted by Gasteiger charge is -2.29. The van der Waals surface area contributed by atoms with Crippen molar-refractivity contribution in [3.63, 3.8) is 0 Å². The highest BCUT2D eigenvalue weighted by molar-refractivity contribution is 5.83. The molecule has 2 N–H and O–H groups in total. The zero-order valence-corrected chi connectivity index (χ0v) is 15.1. The molecule has 0 bridgehead atoms. The number of pyridine rings is 2. The number of benzene rings is 1. The summed E-state index contributed by atoms with van der Waals surface area (Å²) in [6.07, 6.45) is 6.33. The van der Waals surface area contributed by atoms with Crippen LogP contribution in [0.5, 0.6) is 0 Å². The molecule has 1 aromatic carbocycles. The summed E-state index contributed by atoms with van der Waals surface area (Å²) < 4.78 is -0.131. The number of fused-ring (bicyclic) bond motifs is 1. The fourth-order valence-corrected chi connectivity index (χ4v) is 3.47. The van der Waals surface area contributed by atoms with Crippen molar-refractivity contribution in [1.82, 2.24) is 15.0 Å². The molecule has 0 atom stereocenters. The van der Waals surface area contributed by atoms with E-state index in [0.717, 1.165) is 23.3 Å². The molecule has 0 fully saturated rings. The van der Waals surface area contributed by atoms with Gasteiger partial charge in [0.05, 0.1) is 11.4 Å². The van der Waals surface area contributed by atoms with E-state index >= 15 is 0 Å². The predicted molar refractivity (Wildman–Crippen MR) is 105 cm³/mol. The highest BCUT2D eigenvalue weighted by Gasteiger charge is 2.28. The van der Waals surface area contributed by atoms with E-state index in [1.807, 2.05) is 54.7 Å². The van der Waals surface area contributed by atoms with E-state index in [4.69, 9.17) is 0 Å². The van der Waals surface area contributed by atoms with E-state index in [-0.39, 0.29) is 4.65 Å². The number of hydrogen-bond donors (Lipinski definition) is 2. The third-order valence-corrected chi connectivity index (χ3v) is 4.84. The Balaban J connectivity index is 1.57. The highest BCUT2D eigenvalue weighted by atomic mass is 16.5. The van der Waals surface area contributed by atoms with E-state index in [2.05, 4.69) is 27.1 Å². The Morgan fingerprint density at radius 3 is 2.07 bits per heavy atom. The number of nitrogens with zero attached hydrogens (tertiary/aromatic N) is 3. The first kappa shape index (κ1) is 17.4. The zero-order valence-electron chi connectivity index (χ0n) is 15.1. The van der Waals surface area contributed by atoms with Gasteiger partial charge in [-0.3, -0.25) is 9.97 Å². The molecule has 0 saturated heterocycles. The topological polar surface area (TPSA) is 61.8 Å². The van der Waals surface area contributed by atoms with E-state index in [0.29, 0.717) is 19.6 Å². The lowest BCUT2D eigenvalue weighted by molar-refractivity contribution is -1.12. The summed E-state index contributed by atoms with van der Waals surface area (Å²) in [6.45, 7) is 1.47. The fraction of sp³-hybridized carbons (Fsp3) is 0.182. The summed E-state index contributed by atoms with van der Waals surface area (Å²) in [4.78, 5) is 12.1. The largest absolute Gasteiger partial charge is 0.361 e. The molecule has 0 unspecified atom stereocenters. The summed E-state index contributed by atoms with van der Waals surface area (Å²) in [5.41, 5.74) is 4.08. The average Bonchev–Trinajstić information content (AvgIpc) is 3.11. The minimum atomic E-state index is -0.131. The van der Waals surface area contributed by atoms with Crippen molar-refractivity contribution in [2.45, 2.75) is 19.5 Å². The maximum atomic E-state index is 11.4. The van der Waals surface area contributed by atoms with Crippen LogP contribution in [0.4, 0.5) is 0 Å². The Labute approximate surface area is 158 Å². The average molecular weight is 359 g/mol. The van der Waals surface area contributed by atoms with Crippen molar-refractivity contribution in [2.24, 2.45) is 0 Å². The van der Waals surface area contributed by atoms with Gasteiger partial charge in [-0.15, -0.1) is 0 Å². The quantitative estimate of drug-likeness (QED) is 0.386. The Morgan fingerprint density at radius 1 is 0.815 bits per heavy atom. The molecule has 0 amide bonds. The second-order valence-electron chi connectivity index (χ2n) is 6.89. The number of aromatic nitrogens is 3. The molecular formula is C22H23N4O+. The van der Waals surface area contributed by atoms with Crippen LogP contribution in [0.15, 0.2) is 79.3 Å². The van der Waals surface area contributed by atoms with Crippen molar-refractivity contribution < 1.29 is 9.85 Å². The van der Waals surface area contributed by atoms with Crippen LogP contribution in [0.1, 0.15) is 17.0 Å². The van der Waals surface area contributed by atoms with Crippen LogP contribution in [0, 0.1) is 0 Å². The van der Waals surface area contributed by atoms with Crippen LogP contribution in [0.3, 0.4) is 0 Å². The zero-order chi connectivity index (χ0) is 18.5. The normalized spacial score (nSPS) is 11.7. The van der Waals surface area contributed by atoms with Crippen molar-refractivity contribution in [2.75, 3.05) is 6.54 Å². The van der Waals surface area contributed by atoms with Gasteiger partial charge in [0, 0.05) is 35.9 Å². The third-order valence-electron chi connectivity index (χ3n) is 4.84. The van der Waals surface area contributed by atoms with Crippen LogP contribution in [-0.4, -0.2) is 31.4 Å². The second kappa shape index (κ2) is 7.70. The summed E-state index contributed by atoms with van der Waals surface area (Å²) in [5, 5.41) is 12.6. The molecule has 4 rings (SSSR count). The van der Waals surface area contributed by atoms with Crippen LogP contribution >= 0.6 is 0 Å². The molecule has 0 spiro atoms. The Hall–Kier alpha value is -3.02. The van der Waals surface area contributed by atoms with Crippen LogP contribution < -0.4 is 0 Å². The molecular weight excluding hydrogens is 336 g/mol. The van der Waals surface area contributed by atoms with Gasteiger partial charge >= 0.3 is 0 Å². The number of para-hydroxylation sites is 1. The molecule has 5 heteroatoms. The lowest BCUT2D eigenvalue weighted by Crippen LogP contribution is -2.45. The maximum Gasteiger partial charge on any atom is 0.151 e. The first-order chi connectivity index (χ1) is 13.2. The van der Waals surface area contributed by atoms with Crippen LogP contribution in [-0.2, 0) is 19.5 Å². The minimum Gasteiger partial charge on any atom is -0.361 e. The van der Waals surface area contributed by atoms with Crippen molar-refractivity contribution >= 4 is 10.9 Å². The SMILES string of the molecule is O[N+](CCc1c[nH]c2ccccc12)(Cc1ccccn1)Cc1ccccn1.